The molecule has 1 unspecified atom stereocenters. The maximum absolute atomic E-state index is 12.8. The molecule has 6 heteroatoms. The number of aryl methyl sites for hydroxylation is 1. The second-order valence-corrected chi connectivity index (χ2v) is 7.51. The molecule has 6 nitrogen and oxygen atoms in total. The molecule has 134 valence electrons. The summed E-state index contributed by atoms with van der Waals surface area (Å²) >= 11 is 0. The Morgan fingerprint density at radius 3 is 2.79 bits per heavy atom. The average molecular weight is 333 g/mol. The van der Waals surface area contributed by atoms with E-state index in [0.29, 0.717) is 12.6 Å². The van der Waals surface area contributed by atoms with E-state index < -0.39 is 0 Å². The molecule has 1 aromatic heterocycles. The fourth-order valence-electron chi connectivity index (χ4n) is 4.01. The summed E-state index contributed by atoms with van der Waals surface area (Å²) in [4.78, 5) is 21.6. The summed E-state index contributed by atoms with van der Waals surface area (Å²) in [6.07, 6.45) is 8.58. The molecular formula is C18H31N5O. The number of piperazine rings is 1. The van der Waals surface area contributed by atoms with Gasteiger partial charge in [-0.05, 0) is 31.6 Å². The van der Waals surface area contributed by atoms with E-state index >= 15 is 0 Å². The highest BCUT2D eigenvalue weighted by atomic mass is 16.2. The first kappa shape index (κ1) is 17.4. The van der Waals surface area contributed by atoms with E-state index in [1.807, 2.05) is 31.4 Å². The summed E-state index contributed by atoms with van der Waals surface area (Å²) in [5.41, 5.74) is 0. The van der Waals surface area contributed by atoms with Crippen LogP contribution in [-0.4, -0.2) is 64.5 Å². The number of likely N-dealkylation sites (N-methyl/N-ethyl adjacent to an activating group) is 1. The van der Waals surface area contributed by atoms with Crippen LogP contribution < -0.4 is 5.32 Å². The zero-order valence-corrected chi connectivity index (χ0v) is 15.2. The first-order valence-electron chi connectivity index (χ1n) is 9.24. The molecule has 1 amide bonds. The van der Waals surface area contributed by atoms with Crippen molar-refractivity contribution in [2.45, 2.75) is 44.7 Å². The van der Waals surface area contributed by atoms with Crippen LogP contribution in [0.2, 0.25) is 0 Å². The summed E-state index contributed by atoms with van der Waals surface area (Å²) in [7, 11) is 4.01. The van der Waals surface area contributed by atoms with Gasteiger partial charge in [-0.15, -0.1) is 0 Å². The van der Waals surface area contributed by atoms with Crippen molar-refractivity contribution >= 4 is 5.91 Å². The monoisotopic (exact) mass is 333 g/mol. The molecule has 0 aromatic carbocycles. The Morgan fingerprint density at radius 2 is 2.12 bits per heavy atom. The maximum atomic E-state index is 12.8. The van der Waals surface area contributed by atoms with Crippen LogP contribution in [0.1, 0.15) is 44.5 Å². The third-order valence-corrected chi connectivity index (χ3v) is 5.78. The quantitative estimate of drug-likeness (QED) is 0.905. The van der Waals surface area contributed by atoms with E-state index in [9.17, 15) is 4.79 Å². The van der Waals surface area contributed by atoms with Crippen molar-refractivity contribution in [2.24, 2.45) is 13.0 Å². The average Bonchev–Trinajstić information content (AvgIpc) is 3.01. The van der Waals surface area contributed by atoms with E-state index in [-0.39, 0.29) is 11.9 Å². The summed E-state index contributed by atoms with van der Waals surface area (Å²) in [5.74, 6) is 2.09. The predicted molar refractivity (Wildman–Crippen MR) is 94.6 cm³/mol. The molecule has 0 spiro atoms. The highest BCUT2D eigenvalue weighted by molar-refractivity contribution is 5.78. The van der Waals surface area contributed by atoms with Crippen LogP contribution in [0, 0.1) is 5.92 Å². The van der Waals surface area contributed by atoms with Crippen molar-refractivity contribution in [3.05, 3.63) is 18.2 Å². The molecular weight excluding hydrogens is 302 g/mol. The van der Waals surface area contributed by atoms with E-state index in [1.54, 1.807) is 0 Å². The summed E-state index contributed by atoms with van der Waals surface area (Å²) in [6.45, 7) is 5.47. The lowest BCUT2D eigenvalue weighted by molar-refractivity contribution is -0.134. The first-order valence-corrected chi connectivity index (χ1v) is 9.24. The summed E-state index contributed by atoms with van der Waals surface area (Å²) in [6, 6.07) is 0.589. The highest BCUT2D eigenvalue weighted by Crippen LogP contribution is 2.27. The Kier molecular flexibility index (Phi) is 5.56. The molecule has 24 heavy (non-hydrogen) atoms. The molecule has 2 heterocycles. The molecule has 1 N–H and O–H groups in total. The van der Waals surface area contributed by atoms with Crippen LogP contribution in [0.15, 0.2) is 12.4 Å². The Bertz CT molecular complexity index is 549. The van der Waals surface area contributed by atoms with Gasteiger partial charge in [0.15, 0.2) is 0 Å². The highest BCUT2D eigenvalue weighted by Gasteiger charge is 2.31. The van der Waals surface area contributed by atoms with E-state index in [0.717, 1.165) is 44.2 Å². The number of amides is 1. The van der Waals surface area contributed by atoms with Crippen molar-refractivity contribution in [3.8, 4) is 0 Å². The zero-order valence-electron chi connectivity index (χ0n) is 15.2. The first-order chi connectivity index (χ1) is 11.6. The van der Waals surface area contributed by atoms with Crippen molar-refractivity contribution in [1.29, 1.82) is 0 Å². The number of hydrogen-bond acceptors (Lipinski definition) is 4. The van der Waals surface area contributed by atoms with Gasteiger partial charge in [-0.1, -0.05) is 6.92 Å². The van der Waals surface area contributed by atoms with Gasteiger partial charge in [-0.25, -0.2) is 4.98 Å². The topological polar surface area (TPSA) is 53.4 Å². The molecule has 2 fully saturated rings. The summed E-state index contributed by atoms with van der Waals surface area (Å²) < 4.78 is 2.06. The molecule has 1 atom stereocenters. The number of imidazole rings is 1. The van der Waals surface area contributed by atoms with Crippen LogP contribution >= 0.6 is 0 Å². The summed E-state index contributed by atoms with van der Waals surface area (Å²) in [5, 5.41) is 3.43. The molecule has 0 radical (unpaired) electrons. The lowest BCUT2D eigenvalue weighted by atomic mass is 9.87. The lowest BCUT2D eigenvalue weighted by Gasteiger charge is -2.38. The Balaban J connectivity index is 1.62. The number of nitrogens with one attached hydrogen (secondary N) is 1. The third-order valence-electron chi connectivity index (χ3n) is 5.78. The fourth-order valence-corrected chi connectivity index (χ4v) is 4.01. The Hall–Kier alpha value is -1.40. The molecule has 1 aliphatic heterocycles. The predicted octanol–water partition coefficient (Wildman–Crippen LogP) is 1.40. The second kappa shape index (κ2) is 7.66. The van der Waals surface area contributed by atoms with Crippen LogP contribution in [-0.2, 0) is 11.8 Å². The van der Waals surface area contributed by atoms with E-state index in [4.69, 9.17) is 0 Å². The molecule has 1 saturated carbocycles. The van der Waals surface area contributed by atoms with Crippen molar-refractivity contribution < 1.29 is 4.79 Å². The van der Waals surface area contributed by atoms with Gasteiger partial charge in [-0.3, -0.25) is 9.69 Å². The van der Waals surface area contributed by atoms with Crippen LogP contribution in [0.5, 0.6) is 0 Å². The Labute approximate surface area is 145 Å². The van der Waals surface area contributed by atoms with Crippen molar-refractivity contribution in [3.63, 3.8) is 0 Å². The molecule has 3 rings (SSSR count). The van der Waals surface area contributed by atoms with Crippen LogP contribution in [0.3, 0.4) is 0 Å². The molecule has 0 bridgehead atoms. The number of aromatic nitrogens is 2. The number of carbonyl (C=O) groups is 1. The maximum Gasteiger partial charge on any atom is 0.236 e. The molecule has 1 aliphatic carbocycles. The minimum Gasteiger partial charge on any atom is -0.342 e. The zero-order chi connectivity index (χ0) is 17.1. The second-order valence-electron chi connectivity index (χ2n) is 7.51. The van der Waals surface area contributed by atoms with Crippen molar-refractivity contribution in [1.82, 2.24) is 24.7 Å². The van der Waals surface area contributed by atoms with Crippen LogP contribution in [0.4, 0.5) is 0 Å². The minimum absolute atomic E-state index is 0.169. The third kappa shape index (κ3) is 3.81. The van der Waals surface area contributed by atoms with E-state index in [2.05, 4.69) is 26.7 Å². The van der Waals surface area contributed by atoms with Crippen molar-refractivity contribution in [2.75, 3.05) is 33.2 Å². The van der Waals surface area contributed by atoms with Crippen LogP contribution in [0.25, 0.3) is 0 Å². The van der Waals surface area contributed by atoms with Gasteiger partial charge in [0, 0.05) is 52.2 Å². The smallest absolute Gasteiger partial charge is 0.236 e. The molecule has 2 aliphatic rings. The van der Waals surface area contributed by atoms with E-state index in [1.165, 1.54) is 12.8 Å². The van der Waals surface area contributed by atoms with Gasteiger partial charge < -0.3 is 14.8 Å². The molecule has 1 saturated heterocycles. The van der Waals surface area contributed by atoms with Gasteiger partial charge >= 0.3 is 0 Å². The van der Waals surface area contributed by atoms with Gasteiger partial charge in [-0.2, -0.15) is 0 Å². The minimum atomic E-state index is 0.169. The normalized spacial score (nSPS) is 28.7. The number of hydrogen-bond donors (Lipinski definition) is 1. The molecule has 1 aromatic rings. The SMILES string of the molecule is CC1CCC(N(C)C(=O)CN2CCNCC2c2nccn2C)CC1. The fraction of sp³-hybridized carbons (Fsp3) is 0.778. The number of nitrogens with zero attached hydrogens (tertiary/aromatic N) is 4. The number of rotatable bonds is 4. The van der Waals surface area contributed by atoms with Gasteiger partial charge in [0.1, 0.15) is 5.82 Å². The lowest BCUT2D eigenvalue weighted by Crippen LogP contribution is -2.51. The Morgan fingerprint density at radius 1 is 1.38 bits per heavy atom. The standard InChI is InChI=1S/C18H31N5O/c1-14-4-6-15(7-5-14)22(3)17(24)13-23-11-8-19-12-16(23)18-20-9-10-21(18)2/h9-10,14-16,19H,4-8,11-13H2,1-3H3. The van der Waals surface area contributed by atoms with Gasteiger partial charge in [0.25, 0.3) is 0 Å². The van der Waals surface area contributed by atoms with Gasteiger partial charge in [0.05, 0.1) is 12.6 Å². The largest absolute Gasteiger partial charge is 0.342 e. The van der Waals surface area contributed by atoms with Gasteiger partial charge in [0.2, 0.25) is 5.91 Å². The number of carbonyl (C=O) groups excluding carboxylic acids is 1.